The second-order valence-corrected chi connectivity index (χ2v) is 6.09. The Bertz CT molecular complexity index is 305. The van der Waals surface area contributed by atoms with Crippen molar-refractivity contribution < 1.29 is 9.53 Å². The van der Waals surface area contributed by atoms with Crippen LogP contribution in [0.15, 0.2) is 0 Å². The lowest BCUT2D eigenvalue weighted by molar-refractivity contribution is -0.145. The van der Waals surface area contributed by atoms with Gasteiger partial charge in [-0.1, -0.05) is 26.7 Å². The molecule has 0 aromatic heterocycles. The number of nitrogens with two attached hydrogens (primary N) is 1. The molecule has 2 aliphatic rings. The standard InChI is InChI=1S/C15H28N2O2/c1-3-15(4-2)7-9-17(10-8-15)14(18)13-6-5-12(11-16)19-13/h12-13H,3-11,16H2,1-2H3. The lowest BCUT2D eigenvalue weighted by atomic mass is 9.74. The van der Waals surface area contributed by atoms with E-state index < -0.39 is 0 Å². The first-order valence-electron chi connectivity index (χ1n) is 7.78. The van der Waals surface area contributed by atoms with Crippen LogP contribution in [0.3, 0.4) is 0 Å². The predicted octanol–water partition coefficient (Wildman–Crippen LogP) is 1.92. The van der Waals surface area contributed by atoms with Crippen molar-refractivity contribution in [2.24, 2.45) is 11.1 Å². The summed E-state index contributed by atoms with van der Waals surface area (Å²) in [6.07, 6.45) is 6.34. The molecule has 2 aliphatic heterocycles. The van der Waals surface area contributed by atoms with Gasteiger partial charge in [-0.05, 0) is 31.1 Å². The van der Waals surface area contributed by atoms with Gasteiger partial charge in [-0.15, -0.1) is 0 Å². The SMILES string of the molecule is CCC1(CC)CCN(C(=O)C2CCC(CN)O2)CC1. The van der Waals surface area contributed by atoms with Gasteiger partial charge in [-0.25, -0.2) is 0 Å². The number of hydrogen-bond donors (Lipinski definition) is 1. The summed E-state index contributed by atoms with van der Waals surface area (Å²) in [6, 6.07) is 0. The Morgan fingerprint density at radius 3 is 2.37 bits per heavy atom. The Labute approximate surface area is 116 Å². The van der Waals surface area contributed by atoms with Gasteiger partial charge in [0.05, 0.1) is 6.10 Å². The zero-order chi connectivity index (χ0) is 13.9. The summed E-state index contributed by atoms with van der Waals surface area (Å²) in [5.41, 5.74) is 6.06. The quantitative estimate of drug-likeness (QED) is 0.847. The molecule has 4 nitrogen and oxygen atoms in total. The van der Waals surface area contributed by atoms with E-state index in [9.17, 15) is 4.79 Å². The lowest BCUT2D eigenvalue weighted by Crippen LogP contribution is -2.46. The summed E-state index contributed by atoms with van der Waals surface area (Å²) in [4.78, 5) is 14.4. The molecule has 0 aliphatic carbocycles. The molecular weight excluding hydrogens is 240 g/mol. The number of amides is 1. The van der Waals surface area contributed by atoms with Crippen LogP contribution < -0.4 is 5.73 Å². The highest BCUT2D eigenvalue weighted by Crippen LogP contribution is 2.38. The van der Waals surface area contributed by atoms with Crippen molar-refractivity contribution >= 4 is 5.91 Å². The normalized spacial score (nSPS) is 30.6. The first-order valence-corrected chi connectivity index (χ1v) is 7.78. The number of piperidine rings is 1. The van der Waals surface area contributed by atoms with Gasteiger partial charge < -0.3 is 15.4 Å². The molecule has 2 rings (SSSR count). The number of hydrogen-bond acceptors (Lipinski definition) is 3. The maximum atomic E-state index is 12.4. The third-order valence-corrected chi connectivity index (χ3v) is 5.28. The van der Waals surface area contributed by atoms with Gasteiger partial charge in [0.1, 0.15) is 6.10 Å². The maximum absolute atomic E-state index is 12.4. The third kappa shape index (κ3) is 3.11. The van der Waals surface area contributed by atoms with E-state index in [1.54, 1.807) is 0 Å². The predicted molar refractivity (Wildman–Crippen MR) is 75.8 cm³/mol. The van der Waals surface area contributed by atoms with E-state index in [2.05, 4.69) is 13.8 Å². The summed E-state index contributed by atoms with van der Waals surface area (Å²) in [5.74, 6) is 0.191. The summed E-state index contributed by atoms with van der Waals surface area (Å²) in [7, 11) is 0. The molecule has 2 saturated heterocycles. The number of carbonyl (C=O) groups excluding carboxylic acids is 1. The minimum Gasteiger partial charge on any atom is -0.364 e. The number of likely N-dealkylation sites (tertiary alicyclic amines) is 1. The molecule has 0 aromatic carbocycles. The van der Waals surface area contributed by atoms with E-state index in [4.69, 9.17) is 10.5 Å². The average Bonchev–Trinajstić information content (AvgIpc) is 2.95. The molecular formula is C15H28N2O2. The van der Waals surface area contributed by atoms with Crippen molar-refractivity contribution in [1.29, 1.82) is 0 Å². The van der Waals surface area contributed by atoms with Crippen molar-refractivity contribution in [3.63, 3.8) is 0 Å². The summed E-state index contributed by atoms with van der Waals surface area (Å²) in [6.45, 7) is 6.86. The molecule has 4 heteroatoms. The van der Waals surface area contributed by atoms with Crippen LogP contribution in [-0.4, -0.2) is 42.6 Å². The Morgan fingerprint density at radius 2 is 1.89 bits per heavy atom. The van der Waals surface area contributed by atoms with Gasteiger partial charge in [-0.3, -0.25) is 4.79 Å². The van der Waals surface area contributed by atoms with Crippen LogP contribution in [0.1, 0.15) is 52.4 Å². The van der Waals surface area contributed by atoms with E-state index in [-0.39, 0.29) is 18.1 Å². The topological polar surface area (TPSA) is 55.6 Å². The molecule has 2 fully saturated rings. The van der Waals surface area contributed by atoms with E-state index >= 15 is 0 Å². The first-order chi connectivity index (χ1) is 9.14. The molecule has 0 radical (unpaired) electrons. The first kappa shape index (κ1) is 14.8. The van der Waals surface area contributed by atoms with Crippen molar-refractivity contribution in [2.75, 3.05) is 19.6 Å². The fourth-order valence-electron chi connectivity index (χ4n) is 3.42. The van der Waals surface area contributed by atoms with Crippen molar-refractivity contribution in [3.8, 4) is 0 Å². The zero-order valence-corrected chi connectivity index (χ0v) is 12.4. The molecule has 0 spiro atoms. The van der Waals surface area contributed by atoms with Gasteiger partial charge in [0.15, 0.2) is 0 Å². The molecule has 0 saturated carbocycles. The van der Waals surface area contributed by atoms with Gasteiger partial charge in [0.2, 0.25) is 0 Å². The van der Waals surface area contributed by atoms with Crippen LogP contribution in [0.25, 0.3) is 0 Å². The van der Waals surface area contributed by atoms with Crippen molar-refractivity contribution in [1.82, 2.24) is 4.90 Å². The summed E-state index contributed by atoms with van der Waals surface area (Å²) in [5, 5.41) is 0. The van der Waals surface area contributed by atoms with Crippen LogP contribution in [-0.2, 0) is 9.53 Å². The van der Waals surface area contributed by atoms with Gasteiger partial charge in [-0.2, -0.15) is 0 Å². The Balaban J connectivity index is 1.86. The highest BCUT2D eigenvalue weighted by Gasteiger charge is 2.37. The van der Waals surface area contributed by atoms with Crippen LogP contribution in [0.2, 0.25) is 0 Å². The minimum absolute atomic E-state index is 0.0871. The summed E-state index contributed by atoms with van der Waals surface area (Å²) >= 11 is 0. The van der Waals surface area contributed by atoms with Gasteiger partial charge in [0.25, 0.3) is 5.91 Å². The molecule has 110 valence electrons. The van der Waals surface area contributed by atoms with Crippen LogP contribution in [0.4, 0.5) is 0 Å². The minimum atomic E-state index is -0.232. The molecule has 0 bridgehead atoms. The fraction of sp³-hybridized carbons (Fsp3) is 0.933. The van der Waals surface area contributed by atoms with Crippen LogP contribution >= 0.6 is 0 Å². The van der Waals surface area contributed by atoms with Crippen LogP contribution in [0, 0.1) is 5.41 Å². The van der Waals surface area contributed by atoms with Crippen molar-refractivity contribution in [3.05, 3.63) is 0 Å². The smallest absolute Gasteiger partial charge is 0.251 e. The largest absolute Gasteiger partial charge is 0.364 e. The molecule has 19 heavy (non-hydrogen) atoms. The number of nitrogens with zero attached hydrogens (tertiary/aromatic N) is 1. The summed E-state index contributed by atoms with van der Waals surface area (Å²) < 4.78 is 5.71. The average molecular weight is 268 g/mol. The van der Waals surface area contributed by atoms with Crippen molar-refractivity contribution in [2.45, 2.75) is 64.6 Å². The molecule has 2 unspecified atom stereocenters. The fourth-order valence-corrected chi connectivity index (χ4v) is 3.42. The van der Waals surface area contributed by atoms with Gasteiger partial charge >= 0.3 is 0 Å². The zero-order valence-electron chi connectivity index (χ0n) is 12.4. The molecule has 2 atom stereocenters. The van der Waals surface area contributed by atoms with E-state index in [1.165, 1.54) is 12.8 Å². The second kappa shape index (κ2) is 6.23. The second-order valence-electron chi connectivity index (χ2n) is 6.09. The van der Waals surface area contributed by atoms with E-state index in [0.717, 1.165) is 38.8 Å². The van der Waals surface area contributed by atoms with Crippen LogP contribution in [0.5, 0.6) is 0 Å². The number of carbonyl (C=O) groups is 1. The Hall–Kier alpha value is -0.610. The Kier molecular flexibility index (Phi) is 4.85. The van der Waals surface area contributed by atoms with E-state index in [0.29, 0.717) is 12.0 Å². The molecule has 0 aromatic rings. The molecule has 1 amide bonds. The highest BCUT2D eigenvalue weighted by molar-refractivity contribution is 5.81. The Morgan fingerprint density at radius 1 is 1.26 bits per heavy atom. The highest BCUT2D eigenvalue weighted by atomic mass is 16.5. The number of ether oxygens (including phenoxy) is 1. The number of rotatable bonds is 4. The third-order valence-electron chi connectivity index (χ3n) is 5.28. The van der Waals surface area contributed by atoms with E-state index in [1.807, 2.05) is 4.90 Å². The molecule has 2 N–H and O–H groups in total. The lowest BCUT2D eigenvalue weighted by Gasteiger charge is -2.41. The van der Waals surface area contributed by atoms with Gasteiger partial charge in [0, 0.05) is 19.6 Å². The maximum Gasteiger partial charge on any atom is 0.251 e. The monoisotopic (exact) mass is 268 g/mol. The molecule has 2 heterocycles.